The van der Waals surface area contributed by atoms with Crippen LogP contribution in [-0.2, 0) is 13.0 Å². The number of carbonyl (C=O) groups excluding carboxylic acids is 1. The number of amides is 1. The van der Waals surface area contributed by atoms with Gasteiger partial charge in [0.1, 0.15) is 17.9 Å². The summed E-state index contributed by atoms with van der Waals surface area (Å²) >= 11 is 0. The normalized spacial score (nSPS) is 15.2. The highest BCUT2D eigenvalue weighted by Gasteiger charge is 2.40. The number of aromatic amines is 1. The van der Waals surface area contributed by atoms with Crippen LogP contribution in [0.4, 0.5) is 14.5 Å². The lowest BCUT2D eigenvalue weighted by molar-refractivity contribution is 0.000941. The van der Waals surface area contributed by atoms with E-state index in [0.717, 1.165) is 4.68 Å². The number of rotatable bonds is 3. The fourth-order valence-electron chi connectivity index (χ4n) is 2.64. The predicted octanol–water partition coefficient (Wildman–Crippen LogP) is 1.51. The van der Waals surface area contributed by atoms with Crippen LogP contribution < -0.4 is 5.32 Å². The van der Waals surface area contributed by atoms with Gasteiger partial charge in [-0.1, -0.05) is 0 Å². The molecule has 0 saturated heterocycles. The van der Waals surface area contributed by atoms with E-state index < -0.39 is 24.8 Å². The first-order chi connectivity index (χ1) is 11.5. The standard InChI is InChI=1S/C14H11F2N7O/c15-14(16)3-11-8(4-20-23(11)7-14)13(24)21-10-6-19-22-12(10)9-5-17-1-2-18-9/h1-2,4-6H,3,7H2,(H,19,22)(H,21,24). The van der Waals surface area contributed by atoms with Crippen molar-refractivity contribution in [1.29, 1.82) is 0 Å². The number of hydrogen-bond acceptors (Lipinski definition) is 5. The molecule has 0 spiro atoms. The molecule has 1 amide bonds. The summed E-state index contributed by atoms with van der Waals surface area (Å²) in [5.74, 6) is -3.40. The van der Waals surface area contributed by atoms with Crippen LogP contribution in [0.15, 0.2) is 31.0 Å². The minimum Gasteiger partial charge on any atom is -0.319 e. The number of anilines is 1. The van der Waals surface area contributed by atoms with Crippen molar-refractivity contribution in [2.24, 2.45) is 0 Å². The summed E-state index contributed by atoms with van der Waals surface area (Å²) in [6, 6.07) is 0. The van der Waals surface area contributed by atoms with Crippen molar-refractivity contribution in [2.45, 2.75) is 18.9 Å². The lowest BCUT2D eigenvalue weighted by atomic mass is 10.1. The summed E-state index contributed by atoms with van der Waals surface area (Å²) in [5, 5.41) is 13.1. The average Bonchev–Trinajstić information content (AvgIpc) is 3.21. The van der Waals surface area contributed by atoms with Crippen LogP contribution >= 0.6 is 0 Å². The van der Waals surface area contributed by atoms with Gasteiger partial charge >= 0.3 is 0 Å². The Kier molecular flexibility index (Phi) is 3.12. The lowest BCUT2D eigenvalue weighted by Gasteiger charge is -2.06. The average molecular weight is 331 g/mol. The van der Waals surface area contributed by atoms with Gasteiger partial charge in [0, 0.05) is 12.4 Å². The molecule has 3 aromatic rings. The van der Waals surface area contributed by atoms with Gasteiger partial charge in [-0.3, -0.25) is 24.5 Å². The Labute approximate surface area is 133 Å². The van der Waals surface area contributed by atoms with Crippen molar-refractivity contribution in [1.82, 2.24) is 29.9 Å². The van der Waals surface area contributed by atoms with E-state index in [2.05, 4.69) is 30.6 Å². The SMILES string of the molecule is O=C(Nc1cn[nH]c1-c1cnccn1)c1cnn2c1CC(F)(F)C2. The molecule has 0 aliphatic carbocycles. The number of hydrogen-bond donors (Lipinski definition) is 2. The third-order valence-electron chi connectivity index (χ3n) is 3.71. The highest BCUT2D eigenvalue weighted by Crippen LogP contribution is 2.31. The van der Waals surface area contributed by atoms with E-state index in [-0.39, 0.29) is 11.3 Å². The summed E-state index contributed by atoms with van der Waals surface area (Å²) in [7, 11) is 0. The van der Waals surface area contributed by atoms with Gasteiger partial charge in [-0.2, -0.15) is 10.2 Å². The van der Waals surface area contributed by atoms with Crippen LogP contribution in [0.2, 0.25) is 0 Å². The number of fused-ring (bicyclic) bond motifs is 1. The lowest BCUT2D eigenvalue weighted by Crippen LogP contribution is -2.18. The third kappa shape index (κ3) is 2.41. The molecule has 4 heterocycles. The van der Waals surface area contributed by atoms with E-state index in [1.807, 2.05) is 0 Å². The number of nitrogens with zero attached hydrogens (tertiary/aromatic N) is 5. The molecule has 3 aromatic heterocycles. The van der Waals surface area contributed by atoms with E-state index in [1.54, 1.807) is 0 Å². The van der Waals surface area contributed by atoms with Crippen LogP contribution in [0.25, 0.3) is 11.4 Å². The Morgan fingerprint density at radius 2 is 2.17 bits per heavy atom. The smallest absolute Gasteiger partial charge is 0.272 e. The Morgan fingerprint density at radius 3 is 2.96 bits per heavy atom. The second kappa shape index (κ2) is 5.18. The number of aromatic nitrogens is 6. The van der Waals surface area contributed by atoms with Crippen molar-refractivity contribution < 1.29 is 13.6 Å². The topological polar surface area (TPSA) is 101 Å². The predicted molar refractivity (Wildman–Crippen MR) is 78.4 cm³/mol. The number of carbonyl (C=O) groups is 1. The minimum absolute atomic E-state index is 0.124. The zero-order chi connectivity index (χ0) is 16.7. The molecule has 4 rings (SSSR count). The van der Waals surface area contributed by atoms with E-state index >= 15 is 0 Å². The Morgan fingerprint density at radius 1 is 1.29 bits per heavy atom. The van der Waals surface area contributed by atoms with Crippen LogP contribution in [-0.4, -0.2) is 41.8 Å². The Bertz CT molecular complexity index is 903. The van der Waals surface area contributed by atoms with Gasteiger partial charge in [0.2, 0.25) is 0 Å². The van der Waals surface area contributed by atoms with Crippen LogP contribution in [0.3, 0.4) is 0 Å². The first-order valence-corrected chi connectivity index (χ1v) is 7.07. The molecular weight excluding hydrogens is 320 g/mol. The largest absolute Gasteiger partial charge is 0.319 e. The molecule has 0 aromatic carbocycles. The van der Waals surface area contributed by atoms with Crippen LogP contribution in [0.5, 0.6) is 0 Å². The maximum Gasteiger partial charge on any atom is 0.272 e. The van der Waals surface area contributed by atoms with E-state index in [4.69, 9.17) is 0 Å². The number of nitrogens with one attached hydrogen (secondary N) is 2. The maximum atomic E-state index is 13.5. The van der Waals surface area contributed by atoms with Gasteiger partial charge < -0.3 is 5.32 Å². The molecule has 2 N–H and O–H groups in total. The van der Waals surface area contributed by atoms with Crippen LogP contribution in [0.1, 0.15) is 16.1 Å². The highest BCUT2D eigenvalue weighted by molar-refractivity contribution is 6.06. The van der Waals surface area contributed by atoms with Gasteiger partial charge in [0.15, 0.2) is 0 Å². The van der Waals surface area contributed by atoms with Crippen molar-refractivity contribution in [2.75, 3.05) is 5.32 Å². The van der Waals surface area contributed by atoms with E-state index in [1.165, 1.54) is 31.0 Å². The quantitative estimate of drug-likeness (QED) is 0.757. The first kappa shape index (κ1) is 14.4. The highest BCUT2D eigenvalue weighted by atomic mass is 19.3. The van der Waals surface area contributed by atoms with Gasteiger partial charge in [0.05, 0.1) is 42.0 Å². The molecule has 10 heteroatoms. The zero-order valence-electron chi connectivity index (χ0n) is 12.2. The molecule has 8 nitrogen and oxygen atoms in total. The third-order valence-corrected chi connectivity index (χ3v) is 3.71. The molecule has 0 fully saturated rings. The number of H-pyrrole nitrogens is 1. The van der Waals surface area contributed by atoms with Crippen LogP contribution in [0, 0.1) is 0 Å². The maximum absolute atomic E-state index is 13.5. The van der Waals surface area contributed by atoms with Crippen molar-refractivity contribution in [3.63, 3.8) is 0 Å². The summed E-state index contributed by atoms with van der Waals surface area (Å²) < 4.78 is 28.1. The summed E-state index contributed by atoms with van der Waals surface area (Å²) in [6.07, 6.45) is 6.75. The fourth-order valence-corrected chi connectivity index (χ4v) is 2.64. The monoisotopic (exact) mass is 331 g/mol. The van der Waals surface area contributed by atoms with Gasteiger partial charge in [-0.25, -0.2) is 8.78 Å². The molecule has 1 aliphatic heterocycles. The molecule has 24 heavy (non-hydrogen) atoms. The van der Waals surface area contributed by atoms with Crippen molar-refractivity contribution in [3.8, 4) is 11.4 Å². The zero-order valence-corrected chi connectivity index (χ0v) is 12.2. The summed E-state index contributed by atoms with van der Waals surface area (Å²) in [6.45, 7) is -0.508. The second-order valence-electron chi connectivity index (χ2n) is 5.40. The number of halogens is 2. The van der Waals surface area contributed by atoms with E-state index in [9.17, 15) is 13.6 Å². The summed E-state index contributed by atoms with van der Waals surface area (Å²) in [4.78, 5) is 20.5. The fraction of sp³-hybridized carbons (Fsp3) is 0.214. The molecule has 0 unspecified atom stereocenters. The molecule has 0 atom stereocenters. The van der Waals surface area contributed by atoms with Crippen molar-refractivity contribution in [3.05, 3.63) is 42.2 Å². The first-order valence-electron chi connectivity index (χ1n) is 7.07. The minimum atomic E-state index is -2.88. The Balaban J connectivity index is 1.60. The second-order valence-corrected chi connectivity index (χ2v) is 5.40. The molecule has 0 bridgehead atoms. The van der Waals surface area contributed by atoms with E-state index in [0.29, 0.717) is 17.1 Å². The molecule has 0 saturated carbocycles. The van der Waals surface area contributed by atoms with Gasteiger partial charge in [-0.15, -0.1) is 0 Å². The molecule has 122 valence electrons. The van der Waals surface area contributed by atoms with Gasteiger partial charge in [0.25, 0.3) is 11.8 Å². The van der Waals surface area contributed by atoms with Crippen molar-refractivity contribution >= 4 is 11.6 Å². The molecule has 0 radical (unpaired) electrons. The number of alkyl halides is 2. The summed E-state index contributed by atoms with van der Waals surface area (Å²) in [5.41, 5.74) is 1.70. The Hall–Kier alpha value is -3.17. The molecular formula is C14H11F2N7O. The molecule has 1 aliphatic rings. The van der Waals surface area contributed by atoms with Gasteiger partial charge in [-0.05, 0) is 0 Å².